The van der Waals surface area contributed by atoms with E-state index in [0.29, 0.717) is 61.8 Å². The molecule has 1 aliphatic heterocycles. The molecule has 0 saturated carbocycles. The number of aryl methyl sites for hydroxylation is 2. The zero-order chi connectivity index (χ0) is 25.4. The minimum Gasteiger partial charge on any atom is -0.486 e. The molecule has 0 spiro atoms. The Morgan fingerprint density at radius 3 is 2.56 bits per heavy atom. The number of nitrogens with zero attached hydrogens (tertiary/aromatic N) is 2. The van der Waals surface area contributed by atoms with E-state index < -0.39 is 11.5 Å². The molecule has 0 atom stereocenters. The predicted molar refractivity (Wildman–Crippen MR) is 139 cm³/mol. The van der Waals surface area contributed by atoms with Gasteiger partial charge in [-0.3, -0.25) is 19.0 Å². The molecule has 0 radical (unpaired) electrons. The van der Waals surface area contributed by atoms with Crippen molar-refractivity contribution in [2.75, 3.05) is 23.8 Å². The molecule has 1 aliphatic rings. The molecular weight excluding hydrogens is 504 g/mol. The fourth-order valence-electron chi connectivity index (χ4n) is 3.82. The van der Waals surface area contributed by atoms with Crippen LogP contribution in [0.4, 0.5) is 11.4 Å². The summed E-state index contributed by atoms with van der Waals surface area (Å²) in [6, 6.07) is 10.3. The van der Waals surface area contributed by atoms with Crippen LogP contribution in [0.15, 0.2) is 47.5 Å². The molecule has 5 rings (SSSR count). The molecule has 2 amide bonds. The van der Waals surface area contributed by atoms with Crippen LogP contribution in [0.3, 0.4) is 0 Å². The number of amides is 2. The Morgan fingerprint density at radius 2 is 1.78 bits per heavy atom. The second kappa shape index (κ2) is 9.63. The Balaban J connectivity index is 1.36. The fraction of sp³-hybridized carbons (Fsp3) is 0.200. The third-order valence-electron chi connectivity index (χ3n) is 5.69. The summed E-state index contributed by atoms with van der Waals surface area (Å²) in [7, 11) is 0. The lowest BCUT2D eigenvalue weighted by Gasteiger charge is -2.18. The van der Waals surface area contributed by atoms with Crippen molar-refractivity contribution in [2.45, 2.75) is 20.4 Å². The van der Waals surface area contributed by atoms with Crippen LogP contribution in [-0.4, -0.2) is 34.6 Å². The van der Waals surface area contributed by atoms with Crippen molar-refractivity contribution in [1.82, 2.24) is 9.55 Å². The van der Waals surface area contributed by atoms with Crippen molar-refractivity contribution in [1.29, 1.82) is 0 Å². The normalized spacial score (nSPS) is 12.4. The van der Waals surface area contributed by atoms with Crippen molar-refractivity contribution in [3.63, 3.8) is 0 Å². The van der Waals surface area contributed by atoms with Gasteiger partial charge in [0.15, 0.2) is 11.5 Å². The molecule has 0 saturated heterocycles. The number of anilines is 2. The smallest absolute Gasteiger partial charge is 0.266 e. The monoisotopic (exact) mass is 524 g/mol. The molecule has 0 bridgehead atoms. The van der Waals surface area contributed by atoms with Crippen molar-refractivity contribution < 1.29 is 19.1 Å². The van der Waals surface area contributed by atoms with Crippen LogP contribution in [0.2, 0.25) is 5.02 Å². The highest BCUT2D eigenvalue weighted by atomic mass is 35.5. The van der Waals surface area contributed by atoms with E-state index in [1.54, 1.807) is 43.3 Å². The molecule has 3 heterocycles. The van der Waals surface area contributed by atoms with Crippen LogP contribution in [0.1, 0.15) is 20.8 Å². The Kier molecular flexibility index (Phi) is 6.38. The third kappa shape index (κ3) is 4.65. The number of nitrogens with one attached hydrogen (secondary N) is 2. The number of aromatic nitrogens is 2. The van der Waals surface area contributed by atoms with Crippen molar-refractivity contribution in [3.8, 4) is 11.5 Å². The Hall–Kier alpha value is -3.89. The number of fused-ring (bicyclic) bond motifs is 2. The SMILES string of the molecule is Cc1ccc(NC(=O)Cn2cnc3sc(C(=O)Nc4ccc5c(c4)OCCO5)c(C)c3c2=O)cc1Cl. The number of ether oxygens (including phenoxy) is 2. The maximum atomic E-state index is 13.2. The molecule has 2 aromatic heterocycles. The van der Waals surface area contributed by atoms with E-state index in [9.17, 15) is 14.4 Å². The summed E-state index contributed by atoms with van der Waals surface area (Å²) >= 11 is 7.24. The molecule has 2 N–H and O–H groups in total. The highest BCUT2D eigenvalue weighted by molar-refractivity contribution is 7.20. The van der Waals surface area contributed by atoms with E-state index in [2.05, 4.69) is 15.6 Å². The number of carbonyl (C=O) groups is 2. The quantitative estimate of drug-likeness (QED) is 0.400. The van der Waals surface area contributed by atoms with Crippen molar-refractivity contribution in [3.05, 3.63) is 74.1 Å². The molecule has 4 aromatic rings. The molecule has 0 aliphatic carbocycles. The van der Waals surface area contributed by atoms with Crippen LogP contribution in [-0.2, 0) is 11.3 Å². The molecule has 36 heavy (non-hydrogen) atoms. The minimum absolute atomic E-state index is 0.235. The van der Waals surface area contributed by atoms with Gasteiger partial charge in [0.25, 0.3) is 11.5 Å². The van der Waals surface area contributed by atoms with Gasteiger partial charge < -0.3 is 20.1 Å². The largest absolute Gasteiger partial charge is 0.486 e. The lowest BCUT2D eigenvalue weighted by Crippen LogP contribution is -2.28. The van der Waals surface area contributed by atoms with Crippen molar-refractivity contribution >= 4 is 56.3 Å². The number of carbonyl (C=O) groups excluding carboxylic acids is 2. The number of hydrogen-bond acceptors (Lipinski definition) is 7. The average Bonchev–Trinajstić information content (AvgIpc) is 3.20. The zero-order valence-corrected chi connectivity index (χ0v) is 21.0. The lowest BCUT2D eigenvalue weighted by molar-refractivity contribution is -0.116. The summed E-state index contributed by atoms with van der Waals surface area (Å²) in [4.78, 5) is 43.8. The second-order valence-electron chi connectivity index (χ2n) is 8.24. The van der Waals surface area contributed by atoms with Gasteiger partial charge in [-0.25, -0.2) is 4.98 Å². The van der Waals surface area contributed by atoms with Crippen LogP contribution in [0, 0.1) is 13.8 Å². The summed E-state index contributed by atoms with van der Waals surface area (Å²) in [5.41, 5.74) is 2.07. The van der Waals surface area contributed by atoms with Crippen LogP contribution < -0.4 is 25.7 Å². The minimum atomic E-state index is -0.400. The molecule has 184 valence electrons. The Bertz CT molecular complexity index is 1580. The van der Waals surface area contributed by atoms with Gasteiger partial charge in [0, 0.05) is 22.5 Å². The maximum Gasteiger partial charge on any atom is 0.266 e. The number of benzene rings is 2. The van der Waals surface area contributed by atoms with Crippen LogP contribution in [0.5, 0.6) is 11.5 Å². The van der Waals surface area contributed by atoms with Gasteiger partial charge in [-0.15, -0.1) is 11.3 Å². The van der Waals surface area contributed by atoms with Gasteiger partial charge in [0.1, 0.15) is 24.6 Å². The summed E-state index contributed by atoms with van der Waals surface area (Å²) in [6.07, 6.45) is 1.31. The summed E-state index contributed by atoms with van der Waals surface area (Å²) in [5, 5.41) is 6.40. The highest BCUT2D eigenvalue weighted by Crippen LogP contribution is 2.33. The molecule has 0 fully saturated rings. The van der Waals surface area contributed by atoms with Crippen LogP contribution in [0.25, 0.3) is 10.2 Å². The molecule has 11 heteroatoms. The van der Waals surface area contributed by atoms with E-state index >= 15 is 0 Å². The summed E-state index contributed by atoms with van der Waals surface area (Å²) in [6.45, 7) is 4.24. The van der Waals surface area contributed by atoms with E-state index in [-0.39, 0.29) is 12.5 Å². The highest BCUT2D eigenvalue weighted by Gasteiger charge is 2.21. The Labute approximate surface area is 214 Å². The number of halogens is 1. The number of rotatable bonds is 5. The first-order chi connectivity index (χ1) is 17.3. The van der Waals surface area contributed by atoms with Crippen LogP contribution >= 0.6 is 22.9 Å². The van der Waals surface area contributed by atoms with Gasteiger partial charge >= 0.3 is 0 Å². The Morgan fingerprint density at radius 1 is 1.06 bits per heavy atom. The average molecular weight is 525 g/mol. The predicted octanol–water partition coefficient (Wildman–Crippen LogP) is 4.39. The van der Waals surface area contributed by atoms with Crippen molar-refractivity contribution in [2.24, 2.45) is 0 Å². The first kappa shape index (κ1) is 23.8. The second-order valence-corrected chi connectivity index (χ2v) is 9.64. The third-order valence-corrected chi connectivity index (χ3v) is 7.30. The van der Waals surface area contributed by atoms with E-state index in [1.165, 1.54) is 10.9 Å². The number of thiophene rings is 1. The summed E-state index contributed by atoms with van der Waals surface area (Å²) < 4.78 is 12.3. The van der Waals surface area contributed by atoms with E-state index in [0.717, 1.165) is 16.9 Å². The van der Waals surface area contributed by atoms with Gasteiger partial charge in [-0.1, -0.05) is 17.7 Å². The van der Waals surface area contributed by atoms with Gasteiger partial charge in [-0.2, -0.15) is 0 Å². The standard InChI is InChI=1S/C25H21ClN4O5S/c1-13-3-4-15(9-17(13)26)28-20(31)11-30-12-27-24-21(25(30)33)14(2)22(36-24)23(32)29-16-5-6-18-19(10-16)35-8-7-34-18/h3-6,9-10,12H,7-8,11H2,1-2H3,(H,28,31)(H,29,32). The lowest BCUT2D eigenvalue weighted by atomic mass is 10.2. The molecule has 9 nitrogen and oxygen atoms in total. The first-order valence-electron chi connectivity index (χ1n) is 11.1. The molecule has 0 unspecified atom stereocenters. The fourth-order valence-corrected chi connectivity index (χ4v) is 5.04. The first-order valence-corrected chi connectivity index (χ1v) is 12.2. The zero-order valence-electron chi connectivity index (χ0n) is 19.4. The van der Waals surface area contributed by atoms with E-state index in [4.69, 9.17) is 21.1 Å². The summed E-state index contributed by atoms with van der Waals surface area (Å²) in [5.74, 6) is 0.411. The van der Waals surface area contributed by atoms with Gasteiger partial charge in [-0.05, 0) is 49.2 Å². The topological polar surface area (TPSA) is 112 Å². The molecule has 2 aromatic carbocycles. The van der Waals surface area contributed by atoms with E-state index in [1.807, 2.05) is 6.92 Å². The number of hydrogen-bond donors (Lipinski definition) is 2. The molecular formula is C25H21ClN4O5S. The van der Waals surface area contributed by atoms with Gasteiger partial charge in [0.2, 0.25) is 5.91 Å². The maximum absolute atomic E-state index is 13.2. The van der Waals surface area contributed by atoms with Gasteiger partial charge in [0.05, 0.1) is 16.6 Å².